The molecule has 0 saturated heterocycles. The van der Waals surface area contributed by atoms with E-state index < -0.39 is 24.2 Å². The number of alkyl halides is 2. The first-order chi connectivity index (χ1) is 5.34. The number of aliphatic hydroxyl groups excluding tert-OH is 1. The van der Waals surface area contributed by atoms with Crippen LogP contribution < -0.4 is 0 Å². The van der Waals surface area contributed by atoms with Gasteiger partial charge in [0.1, 0.15) is 6.61 Å². The fourth-order valence-electron chi connectivity index (χ4n) is 0.778. The highest BCUT2D eigenvalue weighted by atomic mass is 19.3. The van der Waals surface area contributed by atoms with Gasteiger partial charge in [0, 0.05) is 5.92 Å². The summed E-state index contributed by atoms with van der Waals surface area (Å²) in [6.07, 6.45) is 0. The van der Waals surface area contributed by atoms with E-state index >= 15 is 0 Å². The summed E-state index contributed by atoms with van der Waals surface area (Å²) in [6, 6.07) is 0. The summed E-state index contributed by atoms with van der Waals surface area (Å²) in [6.45, 7) is 3.44. The van der Waals surface area contributed by atoms with Gasteiger partial charge < -0.3 is 5.11 Å². The molecule has 0 aromatic heterocycles. The van der Waals surface area contributed by atoms with Gasteiger partial charge in [0.05, 0.1) is 0 Å². The zero-order valence-corrected chi connectivity index (χ0v) is 7.47. The van der Waals surface area contributed by atoms with Crippen molar-refractivity contribution in [2.45, 2.75) is 26.7 Å². The molecule has 12 heavy (non-hydrogen) atoms. The first-order valence-electron chi connectivity index (χ1n) is 3.86. The first kappa shape index (κ1) is 11.5. The number of hydrogen-bond acceptors (Lipinski definition) is 2. The molecule has 0 aromatic carbocycles. The number of halogens is 2. The number of hydrogen-bond donors (Lipinski definition) is 1. The Morgan fingerprint density at radius 2 is 1.83 bits per heavy atom. The minimum Gasteiger partial charge on any atom is -0.388 e. The molecule has 0 amide bonds. The fraction of sp³-hybridized carbons (Fsp3) is 0.875. The third-order valence-corrected chi connectivity index (χ3v) is 2.09. The minimum absolute atomic E-state index is 0.282. The van der Waals surface area contributed by atoms with Gasteiger partial charge in [-0.2, -0.15) is 8.78 Å². The van der Waals surface area contributed by atoms with Gasteiger partial charge >= 0.3 is 5.92 Å². The number of Topliss-reactive ketones (excluding diaryl/α,β-unsaturated/α-hetero) is 1. The Balaban J connectivity index is 4.48. The Labute approximate surface area is 70.6 Å². The average molecular weight is 180 g/mol. The molecule has 4 heteroatoms. The van der Waals surface area contributed by atoms with Crippen molar-refractivity contribution in [3.63, 3.8) is 0 Å². The molecule has 0 aliphatic rings. The molecule has 0 aliphatic heterocycles. The van der Waals surface area contributed by atoms with Crippen LogP contribution >= 0.6 is 0 Å². The van der Waals surface area contributed by atoms with Crippen LogP contribution in [0.1, 0.15) is 20.8 Å². The highest BCUT2D eigenvalue weighted by Crippen LogP contribution is 2.30. The second-order valence-electron chi connectivity index (χ2n) is 3.24. The van der Waals surface area contributed by atoms with Crippen molar-refractivity contribution in [3.8, 4) is 0 Å². The Bertz CT molecular complexity index is 166. The van der Waals surface area contributed by atoms with Crippen LogP contribution in [0.25, 0.3) is 0 Å². The van der Waals surface area contributed by atoms with Gasteiger partial charge in [-0.15, -0.1) is 0 Å². The lowest BCUT2D eigenvalue weighted by Crippen LogP contribution is -2.40. The Kier molecular flexibility index (Phi) is 3.77. The van der Waals surface area contributed by atoms with Crippen LogP contribution in [0.4, 0.5) is 8.78 Å². The van der Waals surface area contributed by atoms with Crippen molar-refractivity contribution in [1.29, 1.82) is 0 Å². The Hall–Kier alpha value is -0.510. The lowest BCUT2D eigenvalue weighted by Gasteiger charge is -2.24. The molecular formula is C8H14F2O2. The second-order valence-corrected chi connectivity index (χ2v) is 3.24. The molecule has 1 N–H and O–H groups in total. The maximum absolute atomic E-state index is 13.0. The van der Waals surface area contributed by atoms with E-state index in [2.05, 4.69) is 0 Å². The zero-order valence-electron chi connectivity index (χ0n) is 7.47. The zero-order chi connectivity index (χ0) is 9.94. The SMILES string of the molecule is CC(C)C(C)C(F)(F)C(=O)CO. The molecule has 0 rings (SSSR count). The minimum atomic E-state index is -3.40. The molecule has 0 spiro atoms. The number of carbonyl (C=O) groups is 1. The van der Waals surface area contributed by atoms with Crippen LogP contribution in [0, 0.1) is 11.8 Å². The lowest BCUT2D eigenvalue weighted by molar-refractivity contribution is -0.156. The smallest absolute Gasteiger partial charge is 0.310 e. The van der Waals surface area contributed by atoms with Gasteiger partial charge in [0.2, 0.25) is 5.78 Å². The molecule has 0 aliphatic carbocycles. The van der Waals surface area contributed by atoms with Crippen molar-refractivity contribution in [2.24, 2.45) is 11.8 Å². The number of ketones is 1. The van der Waals surface area contributed by atoms with Crippen molar-refractivity contribution in [2.75, 3.05) is 6.61 Å². The van der Waals surface area contributed by atoms with Gasteiger partial charge in [0.25, 0.3) is 0 Å². The molecule has 1 atom stereocenters. The molecule has 0 bridgehead atoms. The molecular weight excluding hydrogens is 166 g/mol. The first-order valence-corrected chi connectivity index (χ1v) is 3.86. The monoisotopic (exact) mass is 180 g/mol. The topological polar surface area (TPSA) is 37.3 Å². The Morgan fingerprint density at radius 1 is 1.42 bits per heavy atom. The average Bonchev–Trinajstić information content (AvgIpc) is 2.01. The number of carbonyl (C=O) groups excluding carboxylic acids is 1. The van der Waals surface area contributed by atoms with Gasteiger partial charge in [0.15, 0.2) is 0 Å². The van der Waals surface area contributed by atoms with Gasteiger partial charge in [-0.05, 0) is 5.92 Å². The third kappa shape index (κ3) is 2.24. The van der Waals surface area contributed by atoms with Gasteiger partial charge in [-0.3, -0.25) is 4.79 Å². The van der Waals surface area contributed by atoms with E-state index in [1.54, 1.807) is 13.8 Å². The summed E-state index contributed by atoms with van der Waals surface area (Å²) >= 11 is 0. The standard InChI is InChI=1S/C8H14F2O2/c1-5(2)6(3)8(9,10)7(12)4-11/h5-6,11H,4H2,1-3H3. The van der Waals surface area contributed by atoms with Crippen molar-refractivity contribution in [3.05, 3.63) is 0 Å². The summed E-state index contributed by atoms with van der Waals surface area (Å²) in [7, 11) is 0. The Morgan fingerprint density at radius 3 is 2.08 bits per heavy atom. The van der Waals surface area contributed by atoms with Gasteiger partial charge in [-0.1, -0.05) is 20.8 Å². The van der Waals surface area contributed by atoms with Crippen molar-refractivity contribution in [1.82, 2.24) is 0 Å². The van der Waals surface area contributed by atoms with E-state index in [9.17, 15) is 13.6 Å². The van der Waals surface area contributed by atoms with Crippen LogP contribution in [0.15, 0.2) is 0 Å². The van der Waals surface area contributed by atoms with E-state index in [1.165, 1.54) is 6.92 Å². The van der Waals surface area contributed by atoms with E-state index in [4.69, 9.17) is 5.11 Å². The second kappa shape index (κ2) is 3.94. The van der Waals surface area contributed by atoms with Crippen LogP contribution in [0.2, 0.25) is 0 Å². The van der Waals surface area contributed by atoms with E-state index in [0.717, 1.165) is 0 Å². The highest BCUT2D eigenvalue weighted by molar-refractivity contribution is 5.86. The summed E-state index contributed by atoms with van der Waals surface area (Å²) in [4.78, 5) is 10.6. The molecule has 0 saturated carbocycles. The molecule has 2 nitrogen and oxygen atoms in total. The molecule has 0 fully saturated rings. The van der Waals surface area contributed by atoms with Crippen LogP contribution in [-0.4, -0.2) is 23.4 Å². The summed E-state index contributed by atoms with van der Waals surface area (Å²) in [5.41, 5.74) is 0. The highest BCUT2D eigenvalue weighted by Gasteiger charge is 2.44. The quantitative estimate of drug-likeness (QED) is 0.711. The van der Waals surface area contributed by atoms with Crippen molar-refractivity contribution >= 4 is 5.78 Å². The molecule has 0 radical (unpaired) electrons. The number of rotatable bonds is 4. The number of aliphatic hydroxyl groups is 1. The fourth-order valence-corrected chi connectivity index (χ4v) is 0.778. The van der Waals surface area contributed by atoms with Gasteiger partial charge in [-0.25, -0.2) is 0 Å². The normalized spacial score (nSPS) is 14.9. The molecule has 1 unspecified atom stereocenters. The lowest BCUT2D eigenvalue weighted by atomic mass is 9.89. The van der Waals surface area contributed by atoms with Crippen LogP contribution in [-0.2, 0) is 4.79 Å². The predicted octanol–water partition coefficient (Wildman–Crippen LogP) is 1.48. The van der Waals surface area contributed by atoms with E-state index in [1.807, 2.05) is 0 Å². The van der Waals surface area contributed by atoms with Crippen LogP contribution in [0.5, 0.6) is 0 Å². The van der Waals surface area contributed by atoms with Crippen LogP contribution in [0.3, 0.4) is 0 Å². The summed E-state index contributed by atoms with van der Waals surface area (Å²) in [5.74, 6) is -6.11. The molecule has 72 valence electrons. The third-order valence-electron chi connectivity index (χ3n) is 2.09. The van der Waals surface area contributed by atoms with Crippen molar-refractivity contribution < 1.29 is 18.7 Å². The predicted molar refractivity (Wildman–Crippen MR) is 41.0 cm³/mol. The summed E-state index contributed by atoms with van der Waals surface area (Å²) in [5, 5.41) is 8.27. The van der Waals surface area contributed by atoms with E-state index in [0.29, 0.717) is 0 Å². The largest absolute Gasteiger partial charge is 0.388 e. The molecule has 0 heterocycles. The molecule has 0 aromatic rings. The summed E-state index contributed by atoms with van der Waals surface area (Å²) < 4.78 is 25.9. The maximum Gasteiger partial charge on any atom is 0.310 e. The van der Waals surface area contributed by atoms with E-state index in [-0.39, 0.29) is 5.92 Å². The maximum atomic E-state index is 13.0.